The molecule has 0 atom stereocenters. The molecule has 0 unspecified atom stereocenters. The van der Waals surface area contributed by atoms with Crippen LogP contribution in [-0.4, -0.2) is 10.2 Å². The third kappa shape index (κ3) is 1.91. The van der Waals surface area contributed by atoms with E-state index in [9.17, 15) is 13.2 Å². The van der Waals surface area contributed by atoms with Crippen LogP contribution in [0.4, 0.5) is 13.2 Å². The number of nitrogens with zero attached hydrogens (tertiary/aromatic N) is 2. The van der Waals surface area contributed by atoms with Crippen molar-refractivity contribution in [1.29, 1.82) is 0 Å². The van der Waals surface area contributed by atoms with Crippen LogP contribution in [0.3, 0.4) is 0 Å². The molecule has 2 aromatic rings. The third-order valence-corrected chi connectivity index (χ3v) is 2.87. The Morgan fingerprint density at radius 1 is 1.12 bits per heavy atom. The average Bonchev–Trinajstić information content (AvgIpc) is 2.73. The van der Waals surface area contributed by atoms with Crippen molar-refractivity contribution in [2.24, 2.45) is 5.73 Å². The zero-order chi connectivity index (χ0) is 11.7. The fourth-order valence-electron chi connectivity index (χ4n) is 1.13. The second-order valence-corrected chi connectivity index (χ2v) is 4.02. The predicted octanol–water partition coefficient (Wildman–Crippen LogP) is 2.08. The van der Waals surface area contributed by atoms with Crippen LogP contribution in [0.2, 0.25) is 0 Å². The molecule has 2 rings (SSSR count). The molecule has 0 aliphatic rings. The van der Waals surface area contributed by atoms with E-state index in [1.807, 2.05) is 0 Å². The fraction of sp³-hybridized carbons (Fsp3) is 0.111. The highest BCUT2D eigenvalue weighted by Gasteiger charge is 2.14. The van der Waals surface area contributed by atoms with Gasteiger partial charge in [-0.05, 0) is 12.1 Å². The molecule has 0 saturated heterocycles. The summed E-state index contributed by atoms with van der Waals surface area (Å²) in [6.45, 7) is 0.198. The van der Waals surface area contributed by atoms with Crippen LogP contribution >= 0.6 is 11.3 Å². The maximum Gasteiger partial charge on any atom is 0.194 e. The molecule has 0 aliphatic carbocycles. The van der Waals surface area contributed by atoms with Gasteiger partial charge in [0.25, 0.3) is 0 Å². The summed E-state index contributed by atoms with van der Waals surface area (Å²) in [6.07, 6.45) is 0. The first kappa shape index (κ1) is 11.0. The molecule has 1 aromatic carbocycles. The summed E-state index contributed by atoms with van der Waals surface area (Å²) in [6, 6.07) is 1.75. The highest BCUT2D eigenvalue weighted by Crippen LogP contribution is 2.26. The van der Waals surface area contributed by atoms with Gasteiger partial charge < -0.3 is 5.73 Å². The summed E-state index contributed by atoms with van der Waals surface area (Å²) in [4.78, 5) is 0. The van der Waals surface area contributed by atoms with Crippen LogP contribution < -0.4 is 5.73 Å². The number of nitrogens with two attached hydrogens (primary N) is 1. The monoisotopic (exact) mass is 245 g/mol. The Morgan fingerprint density at radius 2 is 1.75 bits per heavy atom. The molecule has 84 valence electrons. The van der Waals surface area contributed by atoms with Crippen LogP contribution in [0.1, 0.15) is 5.01 Å². The van der Waals surface area contributed by atoms with Crippen molar-refractivity contribution >= 4 is 11.3 Å². The highest BCUT2D eigenvalue weighted by molar-refractivity contribution is 7.14. The molecule has 2 N–H and O–H groups in total. The van der Waals surface area contributed by atoms with Crippen LogP contribution in [0, 0.1) is 17.5 Å². The van der Waals surface area contributed by atoms with Crippen molar-refractivity contribution in [2.75, 3.05) is 0 Å². The van der Waals surface area contributed by atoms with E-state index in [0.717, 1.165) is 23.5 Å². The van der Waals surface area contributed by atoms with E-state index >= 15 is 0 Å². The Kier molecular flexibility index (Phi) is 2.88. The third-order valence-electron chi connectivity index (χ3n) is 1.87. The highest BCUT2D eigenvalue weighted by atomic mass is 32.1. The van der Waals surface area contributed by atoms with E-state index in [-0.39, 0.29) is 12.1 Å². The summed E-state index contributed by atoms with van der Waals surface area (Å²) < 4.78 is 38.6. The molecule has 16 heavy (non-hydrogen) atoms. The average molecular weight is 245 g/mol. The molecule has 1 aromatic heterocycles. The van der Waals surface area contributed by atoms with Crippen LogP contribution in [-0.2, 0) is 6.54 Å². The summed E-state index contributed by atoms with van der Waals surface area (Å²) >= 11 is 1.11. The van der Waals surface area contributed by atoms with Gasteiger partial charge in [-0.2, -0.15) is 0 Å². The molecule has 3 nitrogen and oxygen atoms in total. The lowest BCUT2D eigenvalue weighted by Gasteiger charge is -1.98. The zero-order valence-electron chi connectivity index (χ0n) is 7.88. The van der Waals surface area contributed by atoms with Gasteiger partial charge >= 0.3 is 0 Å². The number of aromatic nitrogens is 2. The van der Waals surface area contributed by atoms with Gasteiger partial charge in [0.05, 0.1) is 0 Å². The Bertz CT molecular complexity index is 503. The van der Waals surface area contributed by atoms with Crippen LogP contribution in [0.5, 0.6) is 0 Å². The summed E-state index contributed by atoms with van der Waals surface area (Å²) in [5, 5.41) is 8.25. The zero-order valence-corrected chi connectivity index (χ0v) is 8.69. The second-order valence-electron chi connectivity index (χ2n) is 2.96. The Balaban J connectivity index is 2.48. The molecule has 0 fully saturated rings. The topological polar surface area (TPSA) is 51.8 Å². The molecule has 0 radical (unpaired) electrons. The van der Waals surface area contributed by atoms with E-state index in [4.69, 9.17) is 5.73 Å². The van der Waals surface area contributed by atoms with E-state index < -0.39 is 17.5 Å². The van der Waals surface area contributed by atoms with Crippen molar-refractivity contribution in [3.05, 3.63) is 34.6 Å². The van der Waals surface area contributed by atoms with E-state index in [2.05, 4.69) is 10.2 Å². The molecule has 0 spiro atoms. The van der Waals surface area contributed by atoms with Gasteiger partial charge in [-0.1, -0.05) is 11.3 Å². The largest absolute Gasteiger partial charge is 0.324 e. The van der Waals surface area contributed by atoms with Crippen LogP contribution in [0.25, 0.3) is 10.6 Å². The standard InChI is InChI=1S/C9H6F3N3S/c10-5-1-4(2-6(11)8(5)12)9-15-14-7(3-13)16-9/h1-2H,3,13H2. The lowest BCUT2D eigenvalue weighted by molar-refractivity contribution is 0.447. The van der Waals surface area contributed by atoms with Gasteiger partial charge in [0.1, 0.15) is 10.0 Å². The molecule has 0 saturated carbocycles. The van der Waals surface area contributed by atoms with Gasteiger partial charge in [-0.3, -0.25) is 0 Å². The first-order valence-electron chi connectivity index (χ1n) is 4.29. The van der Waals surface area contributed by atoms with Crippen molar-refractivity contribution in [3.8, 4) is 10.6 Å². The quantitative estimate of drug-likeness (QED) is 0.824. The van der Waals surface area contributed by atoms with Crippen molar-refractivity contribution in [2.45, 2.75) is 6.54 Å². The molecule has 1 heterocycles. The van der Waals surface area contributed by atoms with Gasteiger partial charge in [-0.25, -0.2) is 13.2 Å². The van der Waals surface area contributed by atoms with E-state index in [1.165, 1.54) is 0 Å². The van der Waals surface area contributed by atoms with Crippen molar-refractivity contribution < 1.29 is 13.2 Å². The maximum absolute atomic E-state index is 12.9. The first-order chi connectivity index (χ1) is 7.61. The number of hydrogen-bond donors (Lipinski definition) is 1. The van der Waals surface area contributed by atoms with Crippen LogP contribution in [0.15, 0.2) is 12.1 Å². The minimum absolute atomic E-state index is 0.147. The fourth-order valence-corrected chi connectivity index (χ4v) is 1.84. The minimum atomic E-state index is -1.49. The van der Waals surface area contributed by atoms with E-state index in [0.29, 0.717) is 10.0 Å². The van der Waals surface area contributed by atoms with Crippen molar-refractivity contribution in [1.82, 2.24) is 10.2 Å². The van der Waals surface area contributed by atoms with Gasteiger partial charge in [0.15, 0.2) is 17.5 Å². The van der Waals surface area contributed by atoms with Crippen molar-refractivity contribution in [3.63, 3.8) is 0 Å². The number of benzene rings is 1. The maximum atomic E-state index is 12.9. The molecule has 0 amide bonds. The summed E-state index contributed by atoms with van der Waals surface area (Å²) in [5.41, 5.74) is 5.47. The number of halogens is 3. The smallest absolute Gasteiger partial charge is 0.194 e. The second kappa shape index (κ2) is 4.18. The molecular weight excluding hydrogens is 239 g/mol. The first-order valence-corrected chi connectivity index (χ1v) is 5.11. The number of rotatable bonds is 2. The predicted molar refractivity (Wildman–Crippen MR) is 53.1 cm³/mol. The molecular formula is C9H6F3N3S. The lowest BCUT2D eigenvalue weighted by Crippen LogP contribution is -1.94. The Labute approximate surface area is 92.7 Å². The van der Waals surface area contributed by atoms with E-state index in [1.54, 1.807) is 0 Å². The number of hydrogen-bond acceptors (Lipinski definition) is 4. The lowest BCUT2D eigenvalue weighted by atomic mass is 10.2. The summed E-state index contributed by atoms with van der Waals surface area (Å²) in [7, 11) is 0. The summed E-state index contributed by atoms with van der Waals surface area (Å²) in [5.74, 6) is -3.99. The normalized spacial score (nSPS) is 10.8. The van der Waals surface area contributed by atoms with Gasteiger partial charge in [-0.15, -0.1) is 10.2 Å². The molecule has 7 heteroatoms. The minimum Gasteiger partial charge on any atom is -0.324 e. The van der Waals surface area contributed by atoms with Gasteiger partial charge in [0, 0.05) is 12.1 Å². The SMILES string of the molecule is NCc1nnc(-c2cc(F)c(F)c(F)c2)s1. The molecule has 0 aliphatic heterocycles. The Hall–Kier alpha value is -1.47. The molecule has 0 bridgehead atoms. The van der Waals surface area contributed by atoms with Gasteiger partial charge in [0.2, 0.25) is 0 Å². The Morgan fingerprint density at radius 3 is 2.25 bits per heavy atom.